The van der Waals surface area contributed by atoms with Crippen molar-refractivity contribution in [2.75, 3.05) is 13.7 Å². The molecular weight excluding hydrogens is 318 g/mol. The molecular formula is C20H31NO4. The number of carbonyl (C=O) groups is 1. The molecule has 5 nitrogen and oxygen atoms in total. The molecule has 140 valence electrons. The number of rotatable bonds is 9. The molecule has 1 fully saturated rings. The van der Waals surface area contributed by atoms with E-state index in [2.05, 4.69) is 12.2 Å². The quantitative estimate of drug-likeness (QED) is 0.669. The average molecular weight is 349 g/mol. The predicted molar refractivity (Wildman–Crippen MR) is 98.0 cm³/mol. The van der Waals surface area contributed by atoms with Crippen LogP contribution in [0.1, 0.15) is 57.4 Å². The fourth-order valence-corrected chi connectivity index (χ4v) is 3.27. The first kappa shape index (κ1) is 19.6. The summed E-state index contributed by atoms with van der Waals surface area (Å²) in [5.74, 6) is 0.495. The molecule has 2 N–H and O–H groups in total. The summed E-state index contributed by atoms with van der Waals surface area (Å²) >= 11 is 0. The number of hydrogen-bond acceptors (Lipinski definition) is 4. The van der Waals surface area contributed by atoms with Crippen LogP contribution in [0.15, 0.2) is 18.2 Å². The summed E-state index contributed by atoms with van der Waals surface area (Å²) in [6.45, 7) is 3.06. The number of ether oxygens (including phenoxy) is 2. The molecule has 0 radical (unpaired) electrons. The van der Waals surface area contributed by atoms with E-state index < -0.39 is 0 Å². The molecule has 0 unspecified atom stereocenters. The topological polar surface area (TPSA) is 67.8 Å². The maximum Gasteiger partial charge on any atom is 0.224 e. The Kier molecular flexibility index (Phi) is 8.06. The van der Waals surface area contributed by atoms with Gasteiger partial charge in [-0.3, -0.25) is 4.79 Å². The van der Waals surface area contributed by atoms with E-state index in [0.717, 1.165) is 44.3 Å². The van der Waals surface area contributed by atoms with Gasteiger partial charge in [-0.15, -0.1) is 0 Å². The van der Waals surface area contributed by atoms with E-state index in [1.807, 2.05) is 0 Å². The van der Waals surface area contributed by atoms with E-state index in [9.17, 15) is 9.90 Å². The van der Waals surface area contributed by atoms with Crippen LogP contribution in [0, 0.1) is 0 Å². The Morgan fingerprint density at radius 3 is 2.68 bits per heavy atom. The number of methoxy groups -OCH3 is 1. The molecule has 0 aromatic heterocycles. The molecule has 1 aliphatic carbocycles. The minimum absolute atomic E-state index is 0.0139. The Balaban J connectivity index is 1.70. The van der Waals surface area contributed by atoms with E-state index in [4.69, 9.17) is 9.47 Å². The van der Waals surface area contributed by atoms with Crippen LogP contribution in [-0.2, 0) is 16.0 Å². The third-order valence-corrected chi connectivity index (χ3v) is 4.75. The van der Waals surface area contributed by atoms with Crippen LogP contribution in [0.3, 0.4) is 0 Å². The fraction of sp³-hybridized carbons (Fsp3) is 0.650. The van der Waals surface area contributed by atoms with E-state index >= 15 is 0 Å². The summed E-state index contributed by atoms with van der Waals surface area (Å²) in [5, 5.41) is 12.7. The number of nitrogens with one attached hydrogen (secondary N) is 1. The zero-order valence-electron chi connectivity index (χ0n) is 15.4. The van der Waals surface area contributed by atoms with Crippen molar-refractivity contribution in [3.8, 4) is 11.5 Å². The summed E-state index contributed by atoms with van der Waals surface area (Å²) in [5.41, 5.74) is 0.833. The largest absolute Gasteiger partial charge is 0.504 e. The number of phenolic OH excluding ortho intramolecular Hbond substituents is 1. The standard InChI is InChI=1S/C20H31NO4/c1-3-4-5-12-25-17-9-7-16(8-10-17)21-20(23)14-15-6-11-18(22)19(13-15)24-2/h6,11,13,16-17,22H,3-5,7-10,12,14H2,1-2H3,(H,21,23)/t16-,17-. The molecule has 2 rings (SSSR count). The number of hydrogen-bond donors (Lipinski definition) is 2. The molecule has 0 saturated heterocycles. The van der Waals surface area contributed by atoms with Crippen LogP contribution in [0.5, 0.6) is 11.5 Å². The second-order valence-corrected chi connectivity index (χ2v) is 6.80. The third-order valence-electron chi connectivity index (χ3n) is 4.75. The van der Waals surface area contributed by atoms with E-state index in [0.29, 0.717) is 18.3 Å². The van der Waals surface area contributed by atoms with Gasteiger partial charge in [0.25, 0.3) is 0 Å². The highest BCUT2D eigenvalue weighted by Gasteiger charge is 2.22. The molecule has 5 heteroatoms. The molecule has 0 heterocycles. The lowest BCUT2D eigenvalue weighted by atomic mass is 9.92. The van der Waals surface area contributed by atoms with Crippen LogP contribution >= 0.6 is 0 Å². The van der Waals surface area contributed by atoms with Gasteiger partial charge in [0.2, 0.25) is 5.91 Å². The van der Waals surface area contributed by atoms with Crippen molar-refractivity contribution in [1.29, 1.82) is 0 Å². The molecule has 1 aromatic rings. The first-order valence-electron chi connectivity index (χ1n) is 9.39. The van der Waals surface area contributed by atoms with Crippen LogP contribution in [0.4, 0.5) is 0 Å². The highest BCUT2D eigenvalue weighted by atomic mass is 16.5. The van der Waals surface area contributed by atoms with E-state index in [1.165, 1.54) is 20.0 Å². The monoisotopic (exact) mass is 349 g/mol. The predicted octanol–water partition coefficient (Wildman–Crippen LogP) is 3.58. The Hall–Kier alpha value is -1.75. The lowest BCUT2D eigenvalue weighted by molar-refractivity contribution is -0.121. The van der Waals surface area contributed by atoms with Crippen molar-refractivity contribution in [3.05, 3.63) is 23.8 Å². The zero-order chi connectivity index (χ0) is 18.1. The smallest absolute Gasteiger partial charge is 0.224 e. The first-order valence-corrected chi connectivity index (χ1v) is 9.39. The molecule has 0 aliphatic heterocycles. The SMILES string of the molecule is CCCCCO[C@H]1CC[C@H](NC(=O)Cc2ccc(O)c(OC)c2)CC1. The number of unbranched alkanes of at least 4 members (excludes halogenated alkanes) is 2. The van der Waals surface area contributed by atoms with Gasteiger partial charge < -0.3 is 19.9 Å². The second kappa shape index (κ2) is 10.3. The molecule has 1 aliphatic rings. The number of aromatic hydroxyl groups is 1. The van der Waals surface area contributed by atoms with Crippen molar-refractivity contribution >= 4 is 5.91 Å². The number of benzene rings is 1. The molecule has 1 aromatic carbocycles. The van der Waals surface area contributed by atoms with Gasteiger partial charge in [-0.2, -0.15) is 0 Å². The van der Waals surface area contributed by atoms with Gasteiger partial charge >= 0.3 is 0 Å². The van der Waals surface area contributed by atoms with Gasteiger partial charge in [-0.25, -0.2) is 0 Å². The number of phenols is 1. The number of amides is 1. The molecule has 0 atom stereocenters. The van der Waals surface area contributed by atoms with Gasteiger partial charge in [-0.05, 0) is 49.8 Å². The lowest BCUT2D eigenvalue weighted by Crippen LogP contribution is -2.39. The van der Waals surface area contributed by atoms with Crippen molar-refractivity contribution in [2.24, 2.45) is 0 Å². The highest BCUT2D eigenvalue weighted by molar-refractivity contribution is 5.79. The zero-order valence-corrected chi connectivity index (χ0v) is 15.4. The summed E-state index contributed by atoms with van der Waals surface area (Å²) in [6.07, 6.45) is 8.22. The molecule has 0 spiro atoms. The first-order chi connectivity index (χ1) is 12.1. The Morgan fingerprint density at radius 2 is 2.00 bits per heavy atom. The van der Waals surface area contributed by atoms with Crippen molar-refractivity contribution in [3.63, 3.8) is 0 Å². The maximum absolute atomic E-state index is 12.2. The van der Waals surface area contributed by atoms with Crippen LogP contribution in [0.2, 0.25) is 0 Å². The maximum atomic E-state index is 12.2. The van der Waals surface area contributed by atoms with Gasteiger partial charge in [0.1, 0.15) is 0 Å². The van der Waals surface area contributed by atoms with Crippen LogP contribution in [0.25, 0.3) is 0 Å². The van der Waals surface area contributed by atoms with Gasteiger partial charge in [0, 0.05) is 12.6 Å². The summed E-state index contributed by atoms with van der Waals surface area (Å²) in [7, 11) is 1.50. The van der Waals surface area contributed by atoms with E-state index in [-0.39, 0.29) is 17.7 Å². The van der Waals surface area contributed by atoms with Gasteiger partial charge in [0.15, 0.2) is 11.5 Å². The second-order valence-electron chi connectivity index (χ2n) is 6.80. The van der Waals surface area contributed by atoms with Crippen molar-refractivity contribution < 1.29 is 19.4 Å². The molecule has 0 bridgehead atoms. The summed E-state index contributed by atoms with van der Waals surface area (Å²) in [4.78, 5) is 12.2. The van der Waals surface area contributed by atoms with Crippen LogP contribution in [-0.4, -0.2) is 36.9 Å². The van der Waals surface area contributed by atoms with Crippen LogP contribution < -0.4 is 10.1 Å². The third kappa shape index (κ3) is 6.58. The van der Waals surface area contributed by atoms with Gasteiger partial charge in [-0.1, -0.05) is 25.8 Å². The highest BCUT2D eigenvalue weighted by Crippen LogP contribution is 2.26. The number of carbonyl (C=O) groups excluding carboxylic acids is 1. The van der Waals surface area contributed by atoms with Crippen molar-refractivity contribution in [1.82, 2.24) is 5.32 Å². The van der Waals surface area contributed by atoms with E-state index in [1.54, 1.807) is 18.2 Å². The normalized spacial score (nSPS) is 20.2. The van der Waals surface area contributed by atoms with Gasteiger partial charge in [0.05, 0.1) is 19.6 Å². The van der Waals surface area contributed by atoms with Crippen molar-refractivity contribution in [2.45, 2.75) is 70.4 Å². The Morgan fingerprint density at radius 1 is 1.24 bits per heavy atom. The molecule has 25 heavy (non-hydrogen) atoms. The Bertz CT molecular complexity index is 538. The summed E-state index contributed by atoms with van der Waals surface area (Å²) in [6, 6.07) is 5.25. The summed E-state index contributed by atoms with van der Waals surface area (Å²) < 4.78 is 11.0. The minimum Gasteiger partial charge on any atom is -0.504 e. The Labute approximate surface area is 150 Å². The fourth-order valence-electron chi connectivity index (χ4n) is 3.27. The average Bonchev–Trinajstić information content (AvgIpc) is 2.61. The minimum atomic E-state index is 0.0139. The lowest BCUT2D eigenvalue weighted by Gasteiger charge is -2.29. The molecule has 1 saturated carbocycles. The molecule has 1 amide bonds.